The van der Waals surface area contributed by atoms with Crippen LogP contribution in [0.25, 0.3) is 0 Å². The number of halogens is 1. The fourth-order valence-electron chi connectivity index (χ4n) is 1.37. The highest BCUT2D eigenvalue weighted by Gasteiger charge is 2.12. The number of carboxylic acid groups (broad SMARTS) is 1. The predicted octanol–water partition coefficient (Wildman–Crippen LogP) is 3.15. The molecule has 0 aliphatic rings. The van der Waals surface area contributed by atoms with E-state index in [-0.39, 0.29) is 12.4 Å². The number of aromatic nitrogens is 1. The van der Waals surface area contributed by atoms with Crippen LogP contribution in [0.15, 0.2) is 48.7 Å². The number of nitrogens with zero attached hydrogens (tertiary/aromatic N) is 1. The average Bonchev–Trinajstić information content (AvgIpc) is 2.42. The van der Waals surface area contributed by atoms with Crippen molar-refractivity contribution in [3.63, 3.8) is 0 Å². The summed E-state index contributed by atoms with van der Waals surface area (Å²) >= 11 is 0. The molecule has 1 atom stereocenters. The van der Waals surface area contributed by atoms with Crippen LogP contribution >= 0.6 is 12.4 Å². The van der Waals surface area contributed by atoms with E-state index in [9.17, 15) is 4.79 Å². The Balaban J connectivity index is 0.00000200. The largest absolute Gasteiger partial charge is 0.479 e. The third-order valence-electron chi connectivity index (χ3n) is 2.34. The fourth-order valence-corrected chi connectivity index (χ4v) is 1.37. The molecule has 0 bridgehead atoms. The molecule has 1 heterocycles. The van der Waals surface area contributed by atoms with E-state index in [2.05, 4.69) is 4.98 Å². The van der Waals surface area contributed by atoms with Gasteiger partial charge in [0.2, 0.25) is 5.88 Å². The smallest absolute Gasteiger partial charge is 0.344 e. The van der Waals surface area contributed by atoms with Crippen LogP contribution in [-0.2, 0) is 4.79 Å². The molecule has 2 aromatic rings. The number of aliphatic carboxylic acids is 1. The predicted molar refractivity (Wildman–Crippen MR) is 75.7 cm³/mol. The molecule has 106 valence electrons. The van der Waals surface area contributed by atoms with Crippen molar-refractivity contribution >= 4 is 18.4 Å². The lowest BCUT2D eigenvalue weighted by atomic mass is 10.3. The van der Waals surface area contributed by atoms with Crippen molar-refractivity contribution in [2.24, 2.45) is 0 Å². The number of rotatable bonds is 5. The first-order valence-electron chi connectivity index (χ1n) is 5.73. The van der Waals surface area contributed by atoms with Gasteiger partial charge in [-0.15, -0.1) is 12.4 Å². The van der Waals surface area contributed by atoms with Crippen molar-refractivity contribution in [1.29, 1.82) is 0 Å². The molecule has 0 aliphatic heterocycles. The summed E-state index contributed by atoms with van der Waals surface area (Å²) in [5, 5.41) is 8.73. The molecule has 0 radical (unpaired) electrons. The Morgan fingerprint density at radius 2 is 1.80 bits per heavy atom. The molecular formula is C14H14ClNO4. The van der Waals surface area contributed by atoms with Crippen molar-refractivity contribution in [1.82, 2.24) is 4.98 Å². The molecule has 0 saturated heterocycles. The lowest BCUT2D eigenvalue weighted by Gasteiger charge is -2.10. The second-order valence-corrected chi connectivity index (χ2v) is 3.84. The highest BCUT2D eigenvalue weighted by Crippen LogP contribution is 2.22. The van der Waals surface area contributed by atoms with Gasteiger partial charge in [0, 0.05) is 12.3 Å². The van der Waals surface area contributed by atoms with Crippen LogP contribution in [0.2, 0.25) is 0 Å². The summed E-state index contributed by atoms with van der Waals surface area (Å²) in [6.45, 7) is 1.47. The van der Waals surface area contributed by atoms with Gasteiger partial charge >= 0.3 is 5.97 Å². The Hall–Kier alpha value is -2.27. The summed E-state index contributed by atoms with van der Waals surface area (Å²) in [4.78, 5) is 14.7. The van der Waals surface area contributed by atoms with Crippen LogP contribution in [-0.4, -0.2) is 22.2 Å². The van der Waals surface area contributed by atoms with Crippen molar-refractivity contribution in [2.45, 2.75) is 13.0 Å². The van der Waals surface area contributed by atoms with Crippen molar-refractivity contribution in [2.75, 3.05) is 0 Å². The van der Waals surface area contributed by atoms with Crippen LogP contribution in [0, 0.1) is 0 Å². The molecule has 1 N–H and O–H groups in total. The van der Waals surface area contributed by atoms with Crippen LogP contribution in [0.5, 0.6) is 17.4 Å². The second kappa shape index (κ2) is 7.35. The van der Waals surface area contributed by atoms with Gasteiger partial charge in [0.15, 0.2) is 6.10 Å². The summed E-state index contributed by atoms with van der Waals surface area (Å²) in [5.41, 5.74) is 0. The summed E-state index contributed by atoms with van der Waals surface area (Å²) in [6.07, 6.45) is 0.754. The number of carbonyl (C=O) groups is 1. The Morgan fingerprint density at radius 1 is 1.15 bits per heavy atom. The zero-order valence-corrected chi connectivity index (χ0v) is 11.5. The molecular weight excluding hydrogens is 282 g/mol. The minimum absolute atomic E-state index is 0. The molecule has 0 amide bonds. The number of hydrogen-bond donors (Lipinski definition) is 1. The summed E-state index contributed by atoms with van der Waals surface area (Å²) < 4.78 is 10.7. The molecule has 5 nitrogen and oxygen atoms in total. The van der Waals surface area contributed by atoms with Gasteiger partial charge in [-0.3, -0.25) is 0 Å². The van der Waals surface area contributed by atoms with Gasteiger partial charge in [0.1, 0.15) is 11.5 Å². The highest BCUT2D eigenvalue weighted by molar-refractivity contribution is 5.85. The van der Waals surface area contributed by atoms with E-state index in [0.717, 1.165) is 0 Å². The maximum absolute atomic E-state index is 10.7. The van der Waals surface area contributed by atoms with Gasteiger partial charge in [-0.05, 0) is 37.3 Å². The van der Waals surface area contributed by atoms with Crippen LogP contribution in [0.3, 0.4) is 0 Å². The Bertz CT molecular complexity index is 545. The van der Waals surface area contributed by atoms with Gasteiger partial charge in [-0.2, -0.15) is 0 Å². The first kappa shape index (κ1) is 15.8. The minimum atomic E-state index is -1.01. The lowest BCUT2D eigenvalue weighted by molar-refractivity contribution is -0.144. The Kier molecular flexibility index (Phi) is 5.80. The maximum Gasteiger partial charge on any atom is 0.344 e. The first-order chi connectivity index (χ1) is 9.15. The molecule has 0 fully saturated rings. The van der Waals surface area contributed by atoms with Gasteiger partial charge in [0.05, 0.1) is 0 Å². The van der Waals surface area contributed by atoms with E-state index in [0.29, 0.717) is 17.4 Å². The lowest BCUT2D eigenvalue weighted by Crippen LogP contribution is -2.22. The molecule has 1 aromatic carbocycles. The van der Waals surface area contributed by atoms with E-state index in [1.54, 1.807) is 42.6 Å². The van der Waals surface area contributed by atoms with E-state index in [4.69, 9.17) is 14.6 Å². The number of carboxylic acids is 1. The molecule has 6 heteroatoms. The topological polar surface area (TPSA) is 68.7 Å². The van der Waals surface area contributed by atoms with Gasteiger partial charge < -0.3 is 14.6 Å². The molecule has 0 spiro atoms. The second-order valence-electron chi connectivity index (χ2n) is 3.84. The van der Waals surface area contributed by atoms with E-state index >= 15 is 0 Å². The van der Waals surface area contributed by atoms with Gasteiger partial charge in [-0.1, -0.05) is 6.07 Å². The number of pyridine rings is 1. The Labute approximate surface area is 122 Å². The number of ether oxygens (including phenoxy) is 2. The zero-order valence-electron chi connectivity index (χ0n) is 10.7. The third kappa shape index (κ3) is 4.44. The van der Waals surface area contributed by atoms with E-state index in [1.807, 2.05) is 6.07 Å². The Morgan fingerprint density at radius 3 is 2.35 bits per heavy atom. The third-order valence-corrected chi connectivity index (χ3v) is 2.34. The zero-order chi connectivity index (χ0) is 13.7. The first-order valence-corrected chi connectivity index (χ1v) is 5.73. The summed E-state index contributed by atoms with van der Waals surface area (Å²) in [6, 6.07) is 12.1. The van der Waals surface area contributed by atoms with Crippen LogP contribution in [0.1, 0.15) is 6.92 Å². The molecule has 2 rings (SSSR count). The fraction of sp³-hybridized carbons (Fsp3) is 0.143. The van der Waals surface area contributed by atoms with Crippen molar-refractivity contribution < 1.29 is 19.4 Å². The van der Waals surface area contributed by atoms with Crippen molar-refractivity contribution in [3.05, 3.63) is 48.7 Å². The van der Waals surface area contributed by atoms with Gasteiger partial charge in [-0.25, -0.2) is 9.78 Å². The number of benzene rings is 1. The standard InChI is InChI=1S/C14H13NO4.ClH/c1-10(14(16)17)18-11-5-7-12(8-6-11)19-13-4-2-3-9-15-13;/h2-10H,1H3,(H,16,17);1H. The summed E-state index contributed by atoms with van der Waals surface area (Å²) in [5.74, 6) is 0.571. The molecule has 1 aromatic heterocycles. The quantitative estimate of drug-likeness (QED) is 0.917. The average molecular weight is 296 g/mol. The van der Waals surface area contributed by atoms with Crippen molar-refractivity contribution in [3.8, 4) is 17.4 Å². The number of hydrogen-bond acceptors (Lipinski definition) is 4. The summed E-state index contributed by atoms with van der Waals surface area (Å²) in [7, 11) is 0. The SMILES string of the molecule is CC(Oc1ccc(Oc2ccccn2)cc1)C(=O)O.Cl. The molecule has 0 saturated carbocycles. The molecule has 1 unspecified atom stereocenters. The molecule has 0 aliphatic carbocycles. The monoisotopic (exact) mass is 295 g/mol. The maximum atomic E-state index is 10.7. The minimum Gasteiger partial charge on any atom is -0.479 e. The van der Waals surface area contributed by atoms with Gasteiger partial charge in [0.25, 0.3) is 0 Å². The highest BCUT2D eigenvalue weighted by atomic mass is 35.5. The normalized spacial score (nSPS) is 11.1. The van der Waals surface area contributed by atoms with Crippen LogP contribution < -0.4 is 9.47 Å². The van der Waals surface area contributed by atoms with E-state index in [1.165, 1.54) is 6.92 Å². The van der Waals surface area contributed by atoms with E-state index < -0.39 is 12.1 Å². The molecule has 20 heavy (non-hydrogen) atoms. The van der Waals surface area contributed by atoms with Crippen LogP contribution in [0.4, 0.5) is 0 Å².